The van der Waals surface area contributed by atoms with Crippen LogP contribution in [-0.4, -0.2) is 75.3 Å². The Labute approximate surface area is 140 Å². The van der Waals surface area contributed by atoms with Gasteiger partial charge in [-0.3, -0.25) is 0 Å². The van der Waals surface area contributed by atoms with Gasteiger partial charge in [-0.05, 0) is 0 Å². The van der Waals surface area contributed by atoms with Gasteiger partial charge >= 0.3 is 144 Å². The molecule has 0 heterocycles. The van der Waals surface area contributed by atoms with Crippen molar-refractivity contribution >= 4 is 68.2 Å². The second-order valence-electron chi connectivity index (χ2n) is 1.75. The number of rotatable bonds is 3. The van der Waals surface area contributed by atoms with Crippen molar-refractivity contribution in [2.45, 2.75) is 0 Å². The van der Waals surface area contributed by atoms with Crippen molar-refractivity contribution in [1.29, 1.82) is 0 Å². The minimum atomic E-state index is -0.718. The minimum absolute atomic E-state index is 0.166. The maximum atomic E-state index is 10.9. The molecule has 0 aliphatic rings. The Morgan fingerprint density at radius 2 is 2.00 bits per heavy atom. The Hall–Kier alpha value is 1.75. The Balaban J connectivity index is 4.55. The number of hydrogen-bond donors (Lipinski definition) is 0. The van der Waals surface area contributed by atoms with Crippen LogP contribution in [0.1, 0.15) is 0 Å². The van der Waals surface area contributed by atoms with E-state index in [4.69, 9.17) is 0.545 Å². The van der Waals surface area contributed by atoms with Crippen LogP contribution in [0.4, 0.5) is 0 Å². The van der Waals surface area contributed by atoms with Crippen molar-refractivity contribution in [3.8, 4) is 0 Å². The number of ether oxygens (including phenoxy) is 1. The van der Waals surface area contributed by atoms with Crippen LogP contribution in [0, 0.1) is 43.4 Å². The topological polar surface area (TPSA) is 61.8 Å². The van der Waals surface area contributed by atoms with E-state index in [1.165, 1.54) is 7.11 Å². The number of carbonyl (C=O) groups excluding carboxylic acids is 2. The Kier molecular flexibility index (Phi) is 9.28. The number of esters is 1. The molecule has 0 spiro atoms. The van der Waals surface area contributed by atoms with Gasteiger partial charge in [0.05, 0.1) is 0 Å². The average molecular weight is 457 g/mol. The normalized spacial score (nSPS) is 10.3. The fraction of sp³-hybridized carbons (Fsp3) is 0.200. The quantitative estimate of drug-likeness (QED) is 0.177. The van der Waals surface area contributed by atoms with Crippen LogP contribution in [-0.2, 0) is 13.7 Å². The molecule has 0 saturated heterocycles. The summed E-state index contributed by atoms with van der Waals surface area (Å²) >= 11 is -0.431. The SMILES string of the molecule is COC(=O)/C(=C/[O][RaH])C(=O)[O][Rb]. The van der Waals surface area contributed by atoms with E-state index in [2.05, 4.69) is 3.60 Å². The fourth-order valence-electron chi connectivity index (χ4n) is 0.517. The van der Waals surface area contributed by atoms with Crippen LogP contribution in [0.3, 0.4) is 0 Å². The van der Waals surface area contributed by atoms with E-state index < -0.39 is 11.9 Å². The van der Waals surface area contributed by atoms with E-state index in [9.17, 15) is 9.59 Å². The van der Waals surface area contributed by atoms with Gasteiger partial charge in [-0.25, -0.2) is 0 Å². The van der Waals surface area contributed by atoms with Gasteiger partial charge in [0, 0.05) is 0 Å². The van der Waals surface area contributed by atoms with Crippen LogP contribution in [0.5, 0.6) is 0 Å². The zero-order chi connectivity index (χ0) is 9.56. The van der Waals surface area contributed by atoms with Crippen molar-refractivity contribution < 1.29 is 57.2 Å². The monoisotopic (exact) mass is 456 g/mol. The van der Waals surface area contributed by atoms with Gasteiger partial charge in [0.25, 0.3) is 0 Å². The van der Waals surface area contributed by atoms with Gasteiger partial charge in [0.2, 0.25) is 0 Å². The summed E-state index contributed by atoms with van der Waals surface area (Å²) in [7, 11) is 1.20. The second kappa shape index (κ2) is 8.09. The molecule has 0 saturated carbocycles. The van der Waals surface area contributed by atoms with Crippen LogP contribution < -0.4 is 0 Å². The predicted octanol–water partition coefficient (Wildman–Crippen LogP) is -1.12. The van der Waals surface area contributed by atoms with E-state index >= 15 is 0 Å². The molecular formula is C5H5O5RaRb. The van der Waals surface area contributed by atoms with Crippen molar-refractivity contribution in [1.82, 2.24) is 0 Å². The first-order valence-corrected chi connectivity index (χ1v) is 8.43. The van der Waals surface area contributed by atoms with Crippen molar-refractivity contribution in [2.24, 2.45) is 0 Å². The van der Waals surface area contributed by atoms with Gasteiger partial charge in [-0.15, -0.1) is 0 Å². The summed E-state index contributed by atoms with van der Waals surface area (Å²) in [6, 6.07) is 0. The predicted molar refractivity (Wildman–Crippen MR) is 34.4 cm³/mol. The summed E-state index contributed by atoms with van der Waals surface area (Å²) < 4.78 is 13.6. The first-order valence-electron chi connectivity index (χ1n) is 3.07. The third kappa shape index (κ3) is 4.84. The van der Waals surface area contributed by atoms with Crippen LogP contribution >= 0.6 is 0 Å². The molecule has 0 amide bonds. The first kappa shape index (κ1) is 13.8. The molecule has 12 heavy (non-hydrogen) atoms. The summed E-state index contributed by atoms with van der Waals surface area (Å²) in [5.41, 5.74) is -0.166. The fourth-order valence-corrected chi connectivity index (χ4v) is 2.03. The summed E-state index contributed by atoms with van der Waals surface area (Å²) in [6.45, 7) is 0. The number of carbonyl (C=O) groups is 2. The van der Waals surface area contributed by atoms with Gasteiger partial charge < -0.3 is 0 Å². The zero-order valence-corrected chi connectivity index (χ0v) is 20.3. The van der Waals surface area contributed by atoms with Crippen LogP contribution in [0.15, 0.2) is 11.8 Å². The molecule has 0 bridgehead atoms. The van der Waals surface area contributed by atoms with Crippen molar-refractivity contribution in [3.63, 3.8) is 0 Å². The molecule has 0 aromatic heterocycles. The van der Waals surface area contributed by atoms with Gasteiger partial charge in [-0.1, -0.05) is 0 Å². The molecule has 0 unspecified atom stereocenters. The molecule has 0 aromatic rings. The molecule has 0 atom stereocenters. The molecule has 0 aliphatic carbocycles. The molecular weight excluding hydrogens is 452 g/mol. The van der Waals surface area contributed by atoms with Crippen LogP contribution in [0.25, 0.3) is 0 Å². The Morgan fingerprint density at radius 1 is 1.42 bits per heavy atom. The molecule has 0 radical (unpaired) electrons. The molecule has 0 N–H and O–H groups in total. The summed E-state index contributed by atoms with van der Waals surface area (Å²) in [5, 5.41) is 0. The maximum absolute atomic E-state index is 10.9. The standard InChI is InChI=1S/C5H6O5.Ra.Rb.H/c1-10-5(9)3(2-6)4(7)8;;;/h2,6H,1H3,(H,7,8);;;/q;2*+1;/p-2/b3-2+;;;. The van der Waals surface area contributed by atoms with E-state index in [0.29, 0.717) is 0 Å². The molecule has 0 fully saturated rings. The van der Waals surface area contributed by atoms with E-state index in [0.717, 1.165) is 6.26 Å². The molecule has 0 rings (SSSR count). The average Bonchev–Trinajstić information content (AvgIpc) is 2.11. The van der Waals surface area contributed by atoms with Gasteiger partial charge in [0.1, 0.15) is 0 Å². The molecule has 0 aliphatic heterocycles. The van der Waals surface area contributed by atoms with E-state index in [1.54, 1.807) is 0 Å². The zero-order valence-electron chi connectivity index (χ0n) is 7.12. The molecule has 58 valence electrons. The third-order valence-electron chi connectivity index (χ3n) is 1.05. The van der Waals surface area contributed by atoms with Crippen molar-refractivity contribution in [2.75, 3.05) is 7.11 Å². The summed E-state index contributed by atoms with van der Waals surface area (Å²) in [5.74, 6) is -1.38. The summed E-state index contributed by atoms with van der Waals surface area (Å²) in [6.07, 6.45) is 1.11. The Bertz CT molecular complexity index is 196. The first-order chi connectivity index (χ1) is 5.67. The number of methoxy groups -OCH3 is 1. The number of hydrogen-bond acceptors (Lipinski definition) is 5. The van der Waals surface area contributed by atoms with Gasteiger partial charge in [0.15, 0.2) is 0 Å². The second-order valence-corrected chi connectivity index (χ2v) is 4.69. The van der Waals surface area contributed by atoms with E-state index in [1.807, 2.05) is 0 Å². The third-order valence-corrected chi connectivity index (χ3v) is 2.93. The molecule has 7 heteroatoms. The Morgan fingerprint density at radius 3 is 2.33 bits per heavy atom. The molecule has 5 nitrogen and oxygen atoms in total. The summed E-state index contributed by atoms with van der Waals surface area (Å²) in [4.78, 5) is 21.8. The van der Waals surface area contributed by atoms with Crippen molar-refractivity contribution in [3.05, 3.63) is 11.8 Å². The van der Waals surface area contributed by atoms with Crippen LogP contribution in [0.2, 0.25) is 0 Å². The van der Waals surface area contributed by atoms with Gasteiger partial charge in [-0.2, -0.15) is 0 Å². The van der Waals surface area contributed by atoms with E-state index in [-0.39, 0.29) is 105 Å². The molecule has 0 aromatic carbocycles.